The van der Waals surface area contributed by atoms with Crippen molar-refractivity contribution >= 4 is 27.1 Å². The van der Waals surface area contributed by atoms with E-state index >= 15 is 0 Å². The highest BCUT2D eigenvalue weighted by Crippen LogP contribution is 2.37. The van der Waals surface area contributed by atoms with E-state index < -0.39 is 49.7 Å². The van der Waals surface area contributed by atoms with E-state index in [4.69, 9.17) is 16.9 Å². The molecule has 0 heterocycles. The Morgan fingerprint density at radius 3 is 1.93 bits per heavy atom. The van der Waals surface area contributed by atoms with Gasteiger partial charge in [0.2, 0.25) is 0 Å². The maximum Gasteiger partial charge on any atom is 0.416 e. The Balaban J connectivity index is 2.37. The van der Waals surface area contributed by atoms with Gasteiger partial charge < -0.3 is 5.32 Å². The van der Waals surface area contributed by atoms with Crippen LogP contribution >= 0.6 is 11.6 Å². The van der Waals surface area contributed by atoms with Crippen LogP contribution in [0.15, 0.2) is 53.6 Å². The molecule has 0 spiro atoms. The number of sulfone groups is 1. The molecule has 160 valence electrons. The molecule has 0 aliphatic heterocycles. The number of alkyl halides is 6. The minimum atomic E-state index is -5.07. The Bertz CT molecular complexity index is 1070. The number of nitrogens with zero attached hydrogens (tertiary/aromatic N) is 1. The standard InChI is InChI=1S/C18H11ClF6N2O2S/c19-14-3-1-11(2-4-14)10-30(28,29)16(8-26)9-27-15-6-12(17(20,21)22)5-13(7-15)18(23,24)25/h1-7,9,27H,10H2/b16-9+. The molecule has 0 radical (unpaired) electrons. The lowest BCUT2D eigenvalue weighted by atomic mass is 10.1. The van der Waals surface area contributed by atoms with Gasteiger partial charge in [0.1, 0.15) is 6.07 Å². The summed E-state index contributed by atoms with van der Waals surface area (Å²) in [4.78, 5) is -0.872. The number of halogens is 7. The third-order valence-corrected chi connectivity index (χ3v) is 5.52. The summed E-state index contributed by atoms with van der Waals surface area (Å²) in [5, 5.41) is 11.5. The van der Waals surface area contributed by atoms with Gasteiger partial charge in [-0.2, -0.15) is 31.6 Å². The van der Waals surface area contributed by atoms with Crippen LogP contribution in [0, 0.1) is 11.3 Å². The molecule has 2 rings (SSSR count). The van der Waals surface area contributed by atoms with Crippen LogP contribution in [0.5, 0.6) is 0 Å². The summed E-state index contributed by atoms with van der Waals surface area (Å²) in [6.45, 7) is 0. The fraction of sp³-hybridized carbons (Fsp3) is 0.167. The highest BCUT2D eigenvalue weighted by molar-refractivity contribution is 7.94. The molecule has 0 aromatic heterocycles. The van der Waals surface area contributed by atoms with E-state index in [0.29, 0.717) is 23.4 Å². The van der Waals surface area contributed by atoms with Crippen LogP contribution in [0.25, 0.3) is 0 Å². The van der Waals surface area contributed by atoms with Gasteiger partial charge >= 0.3 is 12.4 Å². The van der Waals surface area contributed by atoms with E-state index in [1.54, 1.807) is 0 Å². The highest BCUT2D eigenvalue weighted by Gasteiger charge is 2.37. The summed E-state index contributed by atoms with van der Waals surface area (Å²) in [6.07, 6.45) is -9.60. The molecule has 0 unspecified atom stereocenters. The quantitative estimate of drug-likeness (QED) is 0.447. The zero-order chi connectivity index (χ0) is 22.7. The van der Waals surface area contributed by atoms with Crippen molar-refractivity contribution in [3.05, 3.63) is 75.3 Å². The predicted molar refractivity (Wildman–Crippen MR) is 97.8 cm³/mol. The summed E-state index contributed by atoms with van der Waals surface area (Å²) in [5.41, 5.74) is -3.59. The molecule has 2 aromatic rings. The first-order valence-electron chi connectivity index (χ1n) is 7.86. The topological polar surface area (TPSA) is 70.0 Å². The van der Waals surface area contributed by atoms with Crippen LogP contribution < -0.4 is 5.32 Å². The maximum absolute atomic E-state index is 12.9. The molecule has 0 fully saturated rings. The van der Waals surface area contributed by atoms with Crippen molar-refractivity contribution < 1.29 is 34.8 Å². The van der Waals surface area contributed by atoms with Crippen molar-refractivity contribution in [2.75, 3.05) is 5.32 Å². The van der Waals surface area contributed by atoms with Gasteiger partial charge in [0.15, 0.2) is 14.7 Å². The smallest absolute Gasteiger partial charge is 0.360 e. The molecule has 0 aliphatic rings. The molecule has 2 aromatic carbocycles. The van der Waals surface area contributed by atoms with Crippen molar-refractivity contribution in [2.45, 2.75) is 18.1 Å². The number of anilines is 1. The van der Waals surface area contributed by atoms with Gasteiger partial charge in [-0.3, -0.25) is 0 Å². The zero-order valence-electron chi connectivity index (χ0n) is 14.6. The number of hydrogen-bond acceptors (Lipinski definition) is 4. The van der Waals surface area contributed by atoms with Gasteiger partial charge in [-0.15, -0.1) is 0 Å². The van der Waals surface area contributed by atoms with Crippen LogP contribution in [0.1, 0.15) is 16.7 Å². The highest BCUT2D eigenvalue weighted by atomic mass is 35.5. The molecule has 0 bridgehead atoms. The normalized spacial score (nSPS) is 13.1. The van der Waals surface area contributed by atoms with Gasteiger partial charge in [0.05, 0.1) is 16.9 Å². The number of hydrogen-bond donors (Lipinski definition) is 1. The van der Waals surface area contributed by atoms with E-state index in [1.165, 1.54) is 30.3 Å². The average molecular weight is 469 g/mol. The third-order valence-electron chi connectivity index (χ3n) is 3.67. The SMILES string of the molecule is N#C/C(=C\Nc1cc(C(F)(F)F)cc(C(F)(F)F)c1)S(=O)(=O)Cc1ccc(Cl)cc1. The van der Waals surface area contributed by atoms with Crippen LogP contribution in [-0.2, 0) is 27.9 Å². The molecule has 12 heteroatoms. The number of nitriles is 1. The third kappa shape index (κ3) is 6.14. The average Bonchev–Trinajstić information content (AvgIpc) is 2.62. The van der Waals surface area contributed by atoms with Crippen LogP contribution in [0.2, 0.25) is 5.02 Å². The van der Waals surface area contributed by atoms with E-state index in [9.17, 15) is 34.8 Å². The van der Waals surface area contributed by atoms with Crippen molar-refractivity contribution in [2.24, 2.45) is 0 Å². The molecule has 0 saturated carbocycles. The van der Waals surface area contributed by atoms with E-state index in [1.807, 2.05) is 5.32 Å². The lowest BCUT2D eigenvalue weighted by molar-refractivity contribution is -0.143. The minimum absolute atomic E-state index is 0.0720. The molecule has 30 heavy (non-hydrogen) atoms. The van der Waals surface area contributed by atoms with Gasteiger partial charge in [0, 0.05) is 16.9 Å². The Labute approximate surface area is 172 Å². The first-order valence-corrected chi connectivity index (χ1v) is 9.89. The van der Waals surface area contributed by atoms with E-state index in [-0.39, 0.29) is 11.6 Å². The Hall–Kier alpha value is -2.71. The first-order chi connectivity index (χ1) is 13.7. The maximum atomic E-state index is 12.9. The molecular weight excluding hydrogens is 458 g/mol. The molecule has 4 nitrogen and oxygen atoms in total. The van der Waals surface area contributed by atoms with Gasteiger partial charge in [0.25, 0.3) is 0 Å². The van der Waals surface area contributed by atoms with E-state index in [0.717, 1.165) is 0 Å². The Morgan fingerprint density at radius 1 is 1.00 bits per heavy atom. The largest absolute Gasteiger partial charge is 0.416 e. The Morgan fingerprint density at radius 2 is 1.50 bits per heavy atom. The van der Waals surface area contributed by atoms with Crippen LogP contribution in [0.3, 0.4) is 0 Å². The second-order valence-electron chi connectivity index (χ2n) is 5.94. The van der Waals surface area contributed by atoms with Crippen molar-refractivity contribution in [1.29, 1.82) is 5.26 Å². The van der Waals surface area contributed by atoms with Gasteiger partial charge in [-0.05, 0) is 35.9 Å². The zero-order valence-corrected chi connectivity index (χ0v) is 16.2. The molecule has 0 atom stereocenters. The lowest BCUT2D eigenvalue weighted by Crippen LogP contribution is -2.12. The molecule has 0 aliphatic carbocycles. The monoisotopic (exact) mass is 468 g/mol. The molecule has 0 saturated heterocycles. The summed E-state index contributed by atoms with van der Waals surface area (Å²) in [6, 6.07) is 7.66. The van der Waals surface area contributed by atoms with Crippen molar-refractivity contribution in [3.63, 3.8) is 0 Å². The second-order valence-corrected chi connectivity index (χ2v) is 8.34. The molecular formula is C18H11ClF6N2O2S. The fourth-order valence-corrected chi connectivity index (χ4v) is 3.55. The number of nitrogens with one attached hydrogen (secondary N) is 1. The van der Waals surface area contributed by atoms with Gasteiger partial charge in [-0.1, -0.05) is 23.7 Å². The van der Waals surface area contributed by atoms with Gasteiger partial charge in [-0.25, -0.2) is 8.42 Å². The first kappa shape index (κ1) is 23.6. The van der Waals surface area contributed by atoms with Crippen molar-refractivity contribution in [3.8, 4) is 6.07 Å². The number of benzene rings is 2. The summed E-state index contributed by atoms with van der Waals surface area (Å²) in [7, 11) is -4.24. The fourth-order valence-electron chi connectivity index (χ4n) is 2.26. The summed E-state index contributed by atoms with van der Waals surface area (Å²) in [5.74, 6) is -0.623. The Kier molecular flexibility index (Phi) is 6.73. The lowest BCUT2D eigenvalue weighted by Gasteiger charge is -2.14. The summed E-state index contributed by atoms with van der Waals surface area (Å²) >= 11 is 5.70. The van der Waals surface area contributed by atoms with E-state index in [2.05, 4.69) is 0 Å². The summed E-state index contributed by atoms with van der Waals surface area (Å²) < 4.78 is 102. The second kappa shape index (κ2) is 8.57. The minimum Gasteiger partial charge on any atom is -0.360 e. The number of rotatable bonds is 5. The molecule has 0 amide bonds. The predicted octanol–water partition coefficient (Wildman–Crippen LogP) is 5.77. The van der Waals surface area contributed by atoms with Crippen LogP contribution in [-0.4, -0.2) is 8.42 Å². The van der Waals surface area contributed by atoms with Crippen LogP contribution in [0.4, 0.5) is 32.0 Å². The number of allylic oxidation sites excluding steroid dienone is 1. The molecule has 1 N–H and O–H groups in total. The van der Waals surface area contributed by atoms with Crippen molar-refractivity contribution in [1.82, 2.24) is 0 Å².